The molecule has 1 heterocycles. The fourth-order valence-corrected chi connectivity index (χ4v) is 2.28. The van der Waals surface area contributed by atoms with Crippen molar-refractivity contribution in [3.05, 3.63) is 29.6 Å². The summed E-state index contributed by atoms with van der Waals surface area (Å²) >= 11 is 5.53. The Morgan fingerprint density at radius 3 is 3.10 bits per heavy atom. The Balaban J connectivity index is 1.85. The van der Waals surface area contributed by atoms with Crippen LogP contribution in [0.4, 0.5) is 4.39 Å². The smallest absolute Gasteiger partial charge is 0.137 e. The molecule has 1 aromatic rings. The summed E-state index contributed by atoms with van der Waals surface area (Å²) in [5, 5.41) is 0. The summed E-state index contributed by atoms with van der Waals surface area (Å²) in [6, 6.07) is 4.35. The fourth-order valence-electron chi connectivity index (χ4n) is 2.21. The van der Waals surface area contributed by atoms with E-state index in [9.17, 15) is 4.39 Å². The topological polar surface area (TPSA) is 18.5 Å². The maximum Gasteiger partial charge on any atom is 0.137 e. The van der Waals surface area contributed by atoms with Crippen LogP contribution in [0.1, 0.15) is 31.2 Å². The van der Waals surface area contributed by atoms with Gasteiger partial charge in [0.2, 0.25) is 0 Å². The third kappa shape index (κ3) is 4.70. The number of hydrogen-bond donors (Lipinski definition) is 0. The van der Waals surface area contributed by atoms with Crippen LogP contribution < -0.4 is 4.74 Å². The maximum absolute atomic E-state index is 13.2. The van der Waals surface area contributed by atoms with Crippen molar-refractivity contribution >= 4 is 11.6 Å². The average Bonchev–Trinajstić information content (AvgIpc) is 2.96. The van der Waals surface area contributed by atoms with E-state index in [4.69, 9.17) is 21.1 Å². The van der Waals surface area contributed by atoms with Gasteiger partial charge in [-0.1, -0.05) is 11.8 Å². The molecule has 0 spiro atoms. The molecule has 1 fully saturated rings. The molecule has 20 heavy (non-hydrogen) atoms. The third-order valence-electron chi connectivity index (χ3n) is 3.19. The van der Waals surface area contributed by atoms with Gasteiger partial charge in [-0.3, -0.25) is 0 Å². The first-order valence-corrected chi connectivity index (χ1v) is 7.42. The molecule has 1 aliphatic rings. The lowest BCUT2D eigenvalue weighted by atomic mass is 10.1. The highest BCUT2D eigenvalue weighted by molar-refractivity contribution is 6.19. The second kappa shape index (κ2) is 8.14. The molecule has 0 amide bonds. The predicted octanol–water partition coefficient (Wildman–Crippen LogP) is 3.75. The van der Waals surface area contributed by atoms with E-state index in [1.54, 1.807) is 6.07 Å². The molecule has 0 N–H and O–H groups in total. The van der Waals surface area contributed by atoms with Gasteiger partial charge in [-0.25, -0.2) is 4.39 Å². The molecule has 4 heteroatoms. The summed E-state index contributed by atoms with van der Waals surface area (Å²) in [6.07, 6.45) is 4.52. The molecular weight excluding hydrogens is 279 g/mol. The van der Waals surface area contributed by atoms with Crippen molar-refractivity contribution < 1.29 is 13.9 Å². The van der Waals surface area contributed by atoms with E-state index in [-0.39, 0.29) is 11.7 Å². The van der Waals surface area contributed by atoms with Crippen LogP contribution >= 0.6 is 11.6 Å². The Morgan fingerprint density at radius 2 is 2.35 bits per heavy atom. The molecule has 0 aliphatic carbocycles. The zero-order valence-corrected chi connectivity index (χ0v) is 12.1. The molecule has 1 saturated heterocycles. The van der Waals surface area contributed by atoms with Crippen molar-refractivity contribution in [2.45, 2.75) is 31.8 Å². The number of alkyl halides is 1. The summed E-state index contributed by atoms with van der Waals surface area (Å²) in [6.45, 7) is 1.41. The van der Waals surface area contributed by atoms with Gasteiger partial charge >= 0.3 is 0 Å². The molecule has 1 unspecified atom stereocenters. The van der Waals surface area contributed by atoms with E-state index in [0.717, 1.165) is 32.3 Å². The summed E-state index contributed by atoms with van der Waals surface area (Å²) < 4.78 is 24.4. The molecule has 1 atom stereocenters. The number of benzene rings is 1. The number of hydrogen-bond acceptors (Lipinski definition) is 2. The van der Waals surface area contributed by atoms with Crippen LogP contribution in [-0.4, -0.2) is 25.2 Å². The second-order valence-electron chi connectivity index (χ2n) is 4.70. The van der Waals surface area contributed by atoms with Crippen LogP contribution in [0.2, 0.25) is 0 Å². The standard InChI is InChI=1S/C16H18ClFO2/c17-9-1-4-13-7-8-14(18)12-16(13)20-11-3-6-15-5-2-10-19-15/h7-8,12,15H,2-3,5-6,9-11H2. The minimum atomic E-state index is -0.324. The quantitative estimate of drug-likeness (QED) is 0.468. The first kappa shape index (κ1) is 15.2. The normalized spacial score (nSPS) is 17.6. The zero-order chi connectivity index (χ0) is 14.2. The lowest BCUT2D eigenvalue weighted by molar-refractivity contribution is 0.0981. The molecule has 0 saturated carbocycles. The van der Waals surface area contributed by atoms with Crippen molar-refractivity contribution in [2.24, 2.45) is 0 Å². The summed E-state index contributed by atoms with van der Waals surface area (Å²) in [5.41, 5.74) is 0.671. The minimum Gasteiger partial charge on any atom is -0.492 e. The van der Waals surface area contributed by atoms with Gasteiger partial charge in [0.25, 0.3) is 0 Å². The molecular formula is C16H18ClFO2. The van der Waals surface area contributed by atoms with Gasteiger partial charge in [-0.2, -0.15) is 0 Å². The van der Waals surface area contributed by atoms with Crippen LogP contribution in [-0.2, 0) is 4.74 Å². The predicted molar refractivity (Wildman–Crippen MR) is 77.7 cm³/mol. The first-order valence-electron chi connectivity index (χ1n) is 6.88. The average molecular weight is 297 g/mol. The second-order valence-corrected chi connectivity index (χ2v) is 4.97. The highest BCUT2D eigenvalue weighted by atomic mass is 35.5. The van der Waals surface area contributed by atoms with E-state index < -0.39 is 0 Å². The van der Waals surface area contributed by atoms with Crippen molar-refractivity contribution in [1.29, 1.82) is 0 Å². The van der Waals surface area contributed by atoms with Crippen LogP contribution in [0.3, 0.4) is 0 Å². The lowest BCUT2D eigenvalue weighted by Gasteiger charge is -2.11. The number of halogens is 2. The van der Waals surface area contributed by atoms with Crippen molar-refractivity contribution in [2.75, 3.05) is 19.1 Å². The van der Waals surface area contributed by atoms with Gasteiger partial charge in [0.15, 0.2) is 0 Å². The minimum absolute atomic E-state index is 0.246. The highest BCUT2D eigenvalue weighted by Gasteiger charge is 2.14. The highest BCUT2D eigenvalue weighted by Crippen LogP contribution is 2.21. The van der Waals surface area contributed by atoms with Gasteiger partial charge in [-0.15, -0.1) is 11.6 Å². The van der Waals surface area contributed by atoms with E-state index in [1.807, 2.05) is 0 Å². The van der Waals surface area contributed by atoms with E-state index in [2.05, 4.69) is 11.8 Å². The Labute approximate surface area is 124 Å². The van der Waals surface area contributed by atoms with Crippen LogP contribution in [0.5, 0.6) is 5.75 Å². The molecule has 108 valence electrons. The molecule has 2 rings (SSSR count). The number of rotatable bonds is 5. The van der Waals surface area contributed by atoms with Gasteiger partial charge in [0.1, 0.15) is 11.6 Å². The van der Waals surface area contributed by atoms with Gasteiger partial charge in [0, 0.05) is 12.7 Å². The maximum atomic E-state index is 13.2. The first-order chi connectivity index (χ1) is 9.79. The van der Waals surface area contributed by atoms with Gasteiger partial charge in [0.05, 0.1) is 24.2 Å². The summed E-state index contributed by atoms with van der Waals surface area (Å²) in [5.74, 6) is 6.03. The van der Waals surface area contributed by atoms with Crippen LogP contribution in [0.15, 0.2) is 18.2 Å². The zero-order valence-electron chi connectivity index (χ0n) is 11.3. The molecule has 0 radical (unpaired) electrons. The molecule has 1 aliphatic heterocycles. The largest absolute Gasteiger partial charge is 0.492 e. The number of ether oxygens (including phenoxy) is 2. The van der Waals surface area contributed by atoms with E-state index >= 15 is 0 Å². The van der Waals surface area contributed by atoms with Gasteiger partial charge < -0.3 is 9.47 Å². The molecule has 2 nitrogen and oxygen atoms in total. The fraction of sp³-hybridized carbons (Fsp3) is 0.500. The van der Waals surface area contributed by atoms with Crippen LogP contribution in [0, 0.1) is 17.7 Å². The monoisotopic (exact) mass is 296 g/mol. The van der Waals surface area contributed by atoms with Crippen molar-refractivity contribution in [3.8, 4) is 17.6 Å². The van der Waals surface area contributed by atoms with Gasteiger partial charge in [-0.05, 0) is 37.8 Å². The Hall–Kier alpha value is -1.24. The summed E-state index contributed by atoms with van der Waals surface area (Å²) in [7, 11) is 0. The lowest BCUT2D eigenvalue weighted by Crippen LogP contribution is -2.08. The van der Waals surface area contributed by atoms with E-state index in [1.165, 1.54) is 12.1 Å². The molecule has 1 aromatic carbocycles. The molecule has 0 bridgehead atoms. The molecule has 0 aromatic heterocycles. The van der Waals surface area contributed by atoms with Crippen LogP contribution in [0.25, 0.3) is 0 Å². The van der Waals surface area contributed by atoms with Crippen molar-refractivity contribution in [3.63, 3.8) is 0 Å². The van der Waals surface area contributed by atoms with Crippen molar-refractivity contribution in [1.82, 2.24) is 0 Å². The Morgan fingerprint density at radius 1 is 1.45 bits per heavy atom. The summed E-state index contributed by atoms with van der Waals surface area (Å²) in [4.78, 5) is 0. The SMILES string of the molecule is Fc1ccc(C#CCCl)c(OCCCC2CCCO2)c1. The third-order valence-corrected chi connectivity index (χ3v) is 3.32. The van der Waals surface area contributed by atoms with E-state index in [0.29, 0.717) is 24.0 Å². The Bertz CT molecular complexity index is 487. The Kier molecular flexibility index (Phi) is 6.17.